The Hall–Kier alpha value is -2.31. The fraction of sp³-hybridized carbons (Fsp3) is 0.167. The molecule has 0 atom stereocenters. The maximum atomic E-state index is 12.0. The van der Waals surface area contributed by atoms with Gasteiger partial charge in [-0.15, -0.1) is 5.10 Å². The highest BCUT2D eigenvalue weighted by atomic mass is 35.5. The molecule has 128 valence electrons. The second-order valence-electron chi connectivity index (χ2n) is 5.50. The Balaban J connectivity index is 1.51. The minimum atomic E-state index is -0.0605. The number of H-pyrrole nitrogens is 1. The third kappa shape index (κ3) is 4.84. The van der Waals surface area contributed by atoms with Crippen molar-refractivity contribution >= 4 is 29.3 Å². The Bertz CT molecular complexity index is 864. The molecule has 0 fully saturated rings. The van der Waals surface area contributed by atoms with Crippen molar-refractivity contribution in [2.24, 2.45) is 0 Å². The van der Waals surface area contributed by atoms with Gasteiger partial charge < -0.3 is 5.32 Å². The zero-order chi connectivity index (χ0) is 17.6. The fourth-order valence-corrected chi connectivity index (χ4v) is 3.03. The number of thioether (sulfide) groups is 1. The molecule has 1 heterocycles. The molecular formula is C18H17ClN4OS. The summed E-state index contributed by atoms with van der Waals surface area (Å²) in [6, 6.07) is 15.5. The first-order valence-electron chi connectivity index (χ1n) is 7.74. The predicted octanol–water partition coefficient (Wildman–Crippen LogP) is 3.84. The Morgan fingerprint density at radius 2 is 1.96 bits per heavy atom. The van der Waals surface area contributed by atoms with Crippen LogP contribution in [0, 0.1) is 6.92 Å². The lowest BCUT2D eigenvalue weighted by molar-refractivity contribution is -0.118. The number of rotatable bonds is 6. The molecule has 0 unspecified atom stereocenters. The Morgan fingerprint density at radius 3 is 2.72 bits per heavy atom. The van der Waals surface area contributed by atoms with Crippen LogP contribution in [0.25, 0.3) is 11.4 Å². The second kappa shape index (κ2) is 8.18. The molecule has 2 aromatic carbocycles. The summed E-state index contributed by atoms with van der Waals surface area (Å²) in [5.41, 5.74) is 3.06. The van der Waals surface area contributed by atoms with E-state index in [2.05, 4.69) is 20.5 Å². The van der Waals surface area contributed by atoms with Crippen LogP contribution in [-0.4, -0.2) is 26.8 Å². The molecule has 0 radical (unpaired) electrons. The Labute approximate surface area is 155 Å². The van der Waals surface area contributed by atoms with Crippen molar-refractivity contribution in [1.82, 2.24) is 20.5 Å². The summed E-state index contributed by atoms with van der Waals surface area (Å²) < 4.78 is 0. The van der Waals surface area contributed by atoms with Crippen LogP contribution in [0.4, 0.5) is 0 Å². The number of halogens is 1. The summed E-state index contributed by atoms with van der Waals surface area (Å²) in [5, 5.41) is 11.0. The molecule has 0 saturated heterocycles. The van der Waals surface area contributed by atoms with E-state index in [0.717, 1.165) is 11.1 Å². The standard InChI is InChI=1S/C18H17ClN4OS/c1-12-6-8-13(9-7-12)10-20-16(24)11-25-18-21-17(22-23-18)14-4-2-3-5-15(14)19/h2-9H,10-11H2,1H3,(H,20,24)(H,21,22,23). The fourth-order valence-electron chi connectivity index (χ4n) is 2.17. The maximum absolute atomic E-state index is 12.0. The molecule has 1 amide bonds. The molecule has 0 aliphatic rings. The normalized spacial score (nSPS) is 10.6. The predicted molar refractivity (Wildman–Crippen MR) is 101 cm³/mol. The maximum Gasteiger partial charge on any atom is 0.230 e. The average molecular weight is 373 g/mol. The van der Waals surface area contributed by atoms with E-state index in [4.69, 9.17) is 11.6 Å². The van der Waals surface area contributed by atoms with Crippen LogP contribution < -0.4 is 5.32 Å². The molecule has 0 spiro atoms. The van der Waals surface area contributed by atoms with Crippen molar-refractivity contribution in [2.45, 2.75) is 18.6 Å². The molecule has 2 N–H and O–H groups in total. The van der Waals surface area contributed by atoms with Gasteiger partial charge in [-0.25, -0.2) is 4.98 Å². The van der Waals surface area contributed by atoms with Crippen molar-refractivity contribution in [3.8, 4) is 11.4 Å². The van der Waals surface area contributed by atoms with Gasteiger partial charge in [-0.1, -0.05) is 65.3 Å². The average Bonchev–Trinajstić information content (AvgIpc) is 3.08. The zero-order valence-corrected chi connectivity index (χ0v) is 15.2. The molecule has 5 nitrogen and oxygen atoms in total. The highest BCUT2D eigenvalue weighted by Crippen LogP contribution is 2.25. The van der Waals surface area contributed by atoms with Gasteiger partial charge in [0.15, 0.2) is 5.82 Å². The SMILES string of the molecule is Cc1ccc(CNC(=O)CSc2n[nH]c(-c3ccccc3Cl)n2)cc1. The van der Waals surface area contributed by atoms with Crippen LogP contribution in [0.2, 0.25) is 5.02 Å². The first-order valence-corrected chi connectivity index (χ1v) is 9.10. The number of aryl methyl sites for hydroxylation is 1. The molecule has 7 heteroatoms. The molecule has 0 aliphatic carbocycles. The van der Waals surface area contributed by atoms with E-state index in [9.17, 15) is 4.79 Å². The summed E-state index contributed by atoms with van der Waals surface area (Å²) in [7, 11) is 0. The number of aromatic nitrogens is 3. The topological polar surface area (TPSA) is 70.7 Å². The number of nitrogens with one attached hydrogen (secondary N) is 2. The zero-order valence-electron chi connectivity index (χ0n) is 13.6. The van der Waals surface area contributed by atoms with Gasteiger partial charge >= 0.3 is 0 Å². The van der Waals surface area contributed by atoms with Crippen LogP contribution in [0.15, 0.2) is 53.7 Å². The lowest BCUT2D eigenvalue weighted by Gasteiger charge is -2.04. The monoisotopic (exact) mass is 372 g/mol. The number of benzene rings is 2. The molecular weight excluding hydrogens is 356 g/mol. The number of nitrogens with zero attached hydrogens (tertiary/aromatic N) is 2. The van der Waals surface area contributed by atoms with Crippen LogP contribution in [0.3, 0.4) is 0 Å². The smallest absolute Gasteiger partial charge is 0.230 e. The van der Waals surface area contributed by atoms with Gasteiger partial charge in [0, 0.05) is 12.1 Å². The number of aromatic amines is 1. The van der Waals surface area contributed by atoms with Crippen LogP contribution in [0.1, 0.15) is 11.1 Å². The van der Waals surface area contributed by atoms with E-state index in [1.54, 1.807) is 6.07 Å². The Kier molecular flexibility index (Phi) is 5.73. The van der Waals surface area contributed by atoms with Crippen molar-refractivity contribution in [3.63, 3.8) is 0 Å². The Morgan fingerprint density at radius 1 is 1.20 bits per heavy atom. The van der Waals surface area contributed by atoms with Crippen LogP contribution >= 0.6 is 23.4 Å². The first kappa shape index (κ1) is 17.5. The van der Waals surface area contributed by atoms with E-state index in [1.165, 1.54) is 17.3 Å². The van der Waals surface area contributed by atoms with Gasteiger partial charge in [0.25, 0.3) is 0 Å². The number of hydrogen-bond acceptors (Lipinski definition) is 4. The third-order valence-corrected chi connectivity index (χ3v) is 4.71. The molecule has 25 heavy (non-hydrogen) atoms. The third-order valence-electron chi connectivity index (χ3n) is 3.54. The molecule has 3 aromatic rings. The van der Waals surface area contributed by atoms with Gasteiger partial charge in [-0.3, -0.25) is 9.89 Å². The summed E-state index contributed by atoms with van der Waals surface area (Å²) in [6.07, 6.45) is 0. The quantitative estimate of drug-likeness (QED) is 0.645. The largest absolute Gasteiger partial charge is 0.351 e. The minimum absolute atomic E-state index is 0.0605. The van der Waals surface area contributed by atoms with Crippen molar-refractivity contribution < 1.29 is 4.79 Å². The van der Waals surface area contributed by atoms with Crippen molar-refractivity contribution in [3.05, 3.63) is 64.7 Å². The molecule has 0 saturated carbocycles. The second-order valence-corrected chi connectivity index (χ2v) is 6.85. The van der Waals surface area contributed by atoms with Gasteiger partial charge in [0.1, 0.15) is 0 Å². The van der Waals surface area contributed by atoms with E-state index >= 15 is 0 Å². The number of hydrogen-bond donors (Lipinski definition) is 2. The molecule has 0 bridgehead atoms. The summed E-state index contributed by atoms with van der Waals surface area (Å²) in [5.74, 6) is 0.786. The summed E-state index contributed by atoms with van der Waals surface area (Å²) in [4.78, 5) is 16.3. The number of carbonyl (C=O) groups excluding carboxylic acids is 1. The van der Waals surface area contributed by atoms with Crippen LogP contribution in [-0.2, 0) is 11.3 Å². The van der Waals surface area contributed by atoms with Crippen molar-refractivity contribution in [2.75, 3.05) is 5.75 Å². The highest BCUT2D eigenvalue weighted by Gasteiger charge is 2.10. The summed E-state index contributed by atoms with van der Waals surface area (Å²) in [6.45, 7) is 2.55. The van der Waals surface area contributed by atoms with Gasteiger partial charge in [0.2, 0.25) is 11.1 Å². The van der Waals surface area contributed by atoms with E-state index < -0.39 is 0 Å². The van der Waals surface area contributed by atoms with E-state index in [-0.39, 0.29) is 11.7 Å². The number of amides is 1. The first-order chi connectivity index (χ1) is 12.1. The van der Waals surface area contributed by atoms with E-state index in [0.29, 0.717) is 22.5 Å². The summed E-state index contributed by atoms with van der Waals surface area (Å²) >= 11 is 7.42. The van der Waals surface area contributed by atoms with Gasteiger partial charge in [-0.05, 0) is 24.6 Å². The van der Waals surface area contributed by atoms with Crippen LogP contribution in [0.5, 0.6) is 0 Å². The highest BCUT2D eigenvalue weighted by molar-refractivity contribution is 7.99. The molecule has 1 aromatic heterocycles. The minimum Gasteiger partial charge on any atom is -0.351 e. The molecule has 0 aliphatic heterocycles. The van der Waals surface area contributed by atoms with E-state index in [1.807, 2.05) is 49.4 Å². The lowest BCUT2D eigenvalue weighted by atomic mass is 10.1. The van der Waals surface area contributed by atoms with Crippen molar-refractivity contribution in [1.29, 1.82) is 0 Å². The van der Waals surface area contributed by atoms with Gasteiger partial charge in [0.05, 0.1) is 10.8 Å². The molecule has 3 rings (SSSR count). The number of carbonyl (C=O) groups is 1. The lowest BCUT2D eigenvalue weighted by Crippen LogP contribution is -2.24. The van der Waals surface area contributed by atoms with Gasteiger partial charge in [-0.2, -0.15) is 0 Å².